The van der Waals surface area contributed by atoms with E-state index in [2.05, 4.69) is 0 Å². The van der Waals surface area contributed by atoms with Gasteiger partial charge in [-0.05, 0) is 33.8 Å². The van der Waals surface area contributed by atoms with Gasteiger partial charge in [-0.15, -0.1) is 0 Å². The molecule has 21 heavy (non-hydrogen) atoms. The first kappa shape index (κ1) is 15.8. The Kier molecular flexibility index (Phi) is 3.97. The Morgan fingerprint density at radius 1 is 1.19 bits per heavy atom. The minimum Gasteiger partial charge on any atom is -0.340 e. The zero-order valence-electron chi connectivity index (χ0n) is 13.0. The van der Waals surface area contributed by atoms with Crippen LogP contribution in [-0.2, 0) is 9.84 Å². The summed E-state index contributed by atoms with van der Waals surface area (Å²) in [6, 6.07) is 7.40. The molecule has 0 N–H and O–H groups in total. The number of hydrogen-bond acceptors (Lipinski definition) is 3. The zero-order valence-corrected chi connectivity index (χ0v) is 13.9. The van der Waals surface area contributed by atoms with Crippen LogP contribution in [0.2, 0.25) is 0 Å². The Morgan fingerprint density at radius 3 is 2.29 bits per heavy atom. The van der Waals surface area contributed by atoms with Crippen molar-refractivity contribution in [1.82, 2.24) is 4.57 Å². The highest BCUT2D eigenvalue weighted by atomic mass is 32.2. The van der Waals surface area contributed by atoms with Gasteiger partial charge in [-0.25, -0.2) is 8.42 Å². The SMILES string of the molecule is CC(=O)c1c(C)n(C(C)C(C)S(C)(=O)=O)c2ccccc12. The van der Waals surface area contributed by atoms with Crippen LogP contribution < -0.4 is 0 Å². The summed E-state index contributed by atoms with van der Waals surface area (Å²) in [6.07, 6.45) is 1.25. The van der Waals surface area contributed by atoms with E-state index in [1.54, 1.807) is 13.8 Å². The van der Waals surface area contributed by atoms with Crippen molar-refractivity contribution in [3.8, 4) is 0 Å². The first-order valence-corrected chi connectivity index (χ1v) is 8.91. The molecule has 1 heterocycles. The van der Waals surface area contributed by atoms with Gasteiger partial charge in [0.2, 0.25) is 0 Å². The van der Waals surface area contributed by atoms with Gasteiger partial charge in [0.1, 0.15) is 0 Å². The average molecular weight is 307 g/mol. The molecule has 2 atom stereocenters. The third kappa shape index (κ3) is 2.62. The second-order valence-electron chi connectivity index (χ2n) is 5.68. The first-order valence-electron chi connectivity index (χ1n) is 6.95. The van der Waals surface area contributed by atoms with Crippen LogP contribution in [0.4, 0.5) is 0 Å². The summed E-state index contributed by atoms with van der Waals surface area (Å²) in [5.41, 5.74) is 2.41. The van der Waals surface area contributed by atoms with E-state index in [0.29, 0.717) is 5.56 Å². The van der Waals surface area contributed by atoms with Crippen molar-refractivity contribution in [1.29, 1.82) is 0 Å². The summed E-state index contributed by atoms with van der Waals surface area (Å²) in [5, 5.41) is 0.363. The molecule has 2 rings (SSSR count). The van der Waals surface area contributed by atoms with Gasteiger partial charge in [0, 0.05) is 34.5 Å². The predicted molar refractivity (Wildman–Crippen MR) is 85.7 cm³/mol. The summed E-state index contributed by atoms with van der Waals surface area (Å²) in [4.78, 5) is 12.0. The Hall–Kier alpha value is -1.62. The Bertz CT molecular complexity index is 802. The van der Waals surface area contributed by atoms with Crippen molar-refractivity contribution in [3.63, 3.8) is 0 Å². The standard InChI is InChI=1S/C16H21NO3S/c1-10(13(4)21(5,19)20)17-11(2)16(12(3)18)14-8-6-7-9-15(14)17/h6-10,13H,1-5H3. The largest absolute Gasteiger partial charge is 0.340 e. The maximum Gasteiger partial charge on any atom is 0.162 e. The molecule has 4 nitrogen and oxygen atoms in total. The van der Waals surface area contributed by atoms with E-state index in [1.165, 1.54) is 6.26 Å². The minimum absolute atomic E-state index is 0.00154. The fraction of sp³-hybridized carbons (Fsp3) is 0.438. The van der Waals surface area contributed by atoms with Crippen LogP contribution >= 0.6 is 0 Å². The number of sulfone groups is 1. The van der Waals surface area contributed by atoms with Gasteiger partial charge in [0.15, 0.2) is 15.6 Å². The molecule has 0 fully saturated rings. The molecule has 0 spiro atoms. The molecule has 2 unspecified atom stereocenters. The van der Waals surface area contributed by atoms with Crippen LogP contribution in [0, 0.1) is 6.92 Å². The summed E-state index contributed by atoms with van der Waals surface area (Å²) in [5.74, 6) is 0.00154. The van der Waals surface area contributed by atoms with Gasteiger partial charge >= 0.3 is 0 Å². The monoisotopic (exact) mass is 307 g/mol. The zero-order chi connectivity index (χ0) is 15.9. The van der Waals surface area contributed by atoms with Crippen molar-refractivity contribution < 1.29 is 13.2 Å². The van der Waals surface area contributed by atoms with E-state index in [-0.39, 0.29) is 11.8 Å². The van der Waals surface area contributed by atoms with Gasteiger partial charge in [-0.2, -0.15) is 0 Å². The third-order valence-electron chi connectivity index (χ3n) is 4.27. The highest BCUT2D eigenvalue weighted by molar-refractivity contribution is 7.91. The molecule has 0 amide bonds. The number of benzene rings is 1. The fourth-order valence-corrected chi connectivity index (χ4v) is 3.77. The molecule has 0 aliphatic carbocycles. The van der Waals surface area contributed by atoms with E-state index in [9.17, 15) is 13.2 Å². The smallest absolute Gasteiger partial charge is 0.162 e. The van der Waals surface area contributed by atoms with Crippen LogP contribution in [0.3, 0.4) is 0 Å². The quantitative estimate of drug-likeness (QED) is 0.815. The number of rotatable bonds is 4. The summed E-state index contributed by atoms with van der Waals surface area (Å²) >= 11 is 0. The second-order valence-corrected chi connectivity index (χ2v) is 8.08. The predicted octanol–water partition coefficient (Wildman–Crippen LogP) is 3.15. The van der Waals surface area contributed by atoms with Crippen LogP contribution in [0.5, 0.6) is 0 Å². The molecule has 0 saturated heterocycles. The highest BCUT2D eigenvalue weighted by Gasteiger charge is 2.27. The molecule has 1 aromatic carbocycles. The first-order chi connectivity index (χ1) is 9.66. The normalized spacial score (nSPS) is 15.1. The van der Waals surface area contributed by atoms with Crippen molar-refractivity contribution in [3.05, 3.63) is 35.5 Å². The summed E-state index contributed by atoms with van der Waals surface area (Å²) in [7, 11) is -3.15. The lowest BCUT2D eigenvalue weighted by Crippen LogP contribution is -2.27. The van der Waals surface area contributed by atoms with E-state index < -0.39 is 15.1 Å². The van der Waals surface area contributed by atoms with Crippen molar-refractivity contribution in [2.24, 2.45) is 0 Å². The number of para-hydroxylation sites is 1. The van der Waals surface area contributed by atoms with Crippen molar-refractivity contribution >= 4 is 26.5 Å². The van der Waals surface area contributed by atoms with Crippen LogP contribution in [0.1, 0.15) is 42.9 Å². The van der Waals surface area contributed by atoms with Crippen LogP contribution in [0.15, 0.2) is 24.3 Å². The number of fused-ring (bicyclic) bond motifs is 1. The molecule has 0 aliphatic rings. The summed E-state index contributed by atoms with van der Waals surface area (Å²) < 4.78 is 25.7. The van der Waals surface area contributed by atoms with Gasteiger partial charge in [-0.1, -0.05) is 18.2 Å². The number of aromatic nitrogens is 1. The Morgan fingerprint density at radius 2 is 1.76 bits per heavy atom. The molecular weight excluding hydrogens is 286 g/mol. The lowest BCUT2D eigenvalue weighted by Gasteiger charge is -2.23. The van der Waals surface area contributed by atoms with Gasteiger partial charge in [0.25, 0.3) is 0 Å². The highest BCUT2D eigenvalue weighted by Crippen LogP contribution is 2.31. The van der Waals surface area contributed by atoms with E-state index >= 15 is 0 Å². The maximum atomic E-state index is 12.0. The van der Waals surface area contributed by atoms with E-state index in [1.807, 2.05) is 42.7 Å². The number of Topliss-reactive ketones (excluding diaryl/α,β-unsaturated/α-hetero) is 1. The van der Waals surface area contributed by atoms with Gasteiger partial charge < -0.3 is 4.57 Å². The number of carbonyl (C=O) groups excluding carboxylic acids is 1. The molecule has 5 heteroatoms. The Balaban J connectivity index is 2.76. The fourth-order valence-electron chi connectivity index (χ4n) is 2.93. The summed E-state index contributed by atoms with van der Waals surface area (Å²) in [6.45, 7) is 7.02. The molecule has 1 aromatic heterocycles. The van der Waals surface area contributed by atoms with Crippen LogP contribution in [-0.4, -0.2) is 30.3 Å². The van der Waals surface area contributed by atoms with Gasteiger partial charge in [0.05, 0.1) is 5.25 Å². The molecule has 0 aliphatic heterocycles. The maximum absolute atomic E-state index is 12.0. The third-order valence-corrected chi connectivity index (χ3v) is 6.01. The number of ketones is 1. The molecule has 0 saturated carbocycles. The minimum atomic E-state index is -3.15. The average Bonchev–Trinajstić information content (AvgIpc) is 2.68. The Labute approximate surface area is 125 Å². The molecule has 0 bridgehead atoms. The number of nitrogens with zero attached hydrogens (tertiary/aromatic N) is 1. The number of hydrogen-bond donors (Lipinski definition) is 0. The molecule has 2 aromatic rings. The topological polar surface area (TPSA) is 56.1 Å². The molecule has 0 radical (unpaired) electrons. The molecular formula is C16H21NO3S. The van der Waals surface area contributed by atoms with E-state index in [4.69, 9.17) is 0 Å². The van der Waals surface area contributed by atoms with E-state index in [0.717, 1.165) is 16.6 Å². The van der Waals surface area contributed by atoms with Crippen LogP contribution in [0.25, 0.3) is 10.9 Å². The molecule has 114 valence electrons. The second kappa shape index (κ2) is 5.30. The number of carbonyl (C=O) groups is 1. The van der Waals surface area contributed by atoms with Crippen molar-refractivity contribution in [2.75, 3.05) is 6.26 Å². The lowest BCUT2D eigenvalue weighted by molar-refractivity contribution is 0.101. The lowest BCUT2D eigenvalue weighted by atomic mass is 10.1. The van der Waals surface area contributed by atoms with Gasteiger partial charge in [-0.3, -0.25) is 4.79 Å². The van der Waals surface area contributed by atoms with Crippen molar-refractivity contribution in [2.45, 2.75) is 39.0 Å².